The Bertz CT molecular complexity index is 605. The fraction of sp³-hybridized carbons (Fsp3) is 0.429. The molecule has 21 heavy (non-hydrogen) atoms. The Morgan fingerprint density at radius 1 is 1.33 bits per heavy atom. The van der Waals surface area contributed by atoms with Gasteiger partial charge in [-0.15, -0.1) is 11.8 Å². The van der Waals surface area contributed by atoms with Crippen LogP contribution in [0.15, 0.2) is 11.0 Å². The largest absolute Gasteiger partial charge is 0.309 e. The van der Waals surface area contributed by atoms with Gasteiger partial charge in [-0.2, -0.15) is 5.10 Å². The molecule has 112 valence electrons. The second kappa shape index (κ2) is 6.82. The zero-order valence-corrected chi connectivity index (χ0v) is 12.8. The molecule has 7 heteroatoms. The second-order valence-electron chi connectivity index (χ2n) is 5.04. The van der Waals surface area contributed by atoms with E-state index in [-0.39, 0.29) is 28.5 Å². The number of unbranched alkanes of at least 4 members (excludes halogenated alkanes) is 1. The van der Waals surface area contributed by atoms with Crippen LogP contribution in [0.2, 0.25) is 0 Å². The number of H-pyrrole nitrogens is 1. The number of nitrogens with zero attached hydrogens (tertiary/aromatic N) is 2. The minimum atomic E-state index is -0.329. The van der Waals surface area contributed by atoms with Crippen LogP contribution in [0.5, 0.6) is 0 Å². The van der Waals surface area contributed by atoms with Crippen molar-refractivity contribution in [3.05, 3.63) is 27.9 Å². The maximum absolute atomic E-state index is 12.3. The van der Waals surface area contributed by atoms with Gasteiger partial charge >= 0.3 is 0 Å². The molecule has 0 bridgehead atoms. The molecule has 0 aromatic carbocycles. The summed E-state index contributed by atoms with van der Waals surface area (Å²) < 4.78 is 0. The first kappa shape index (κ1) is 15.7. The van der Waals surface area contributed by atoms with Gasteiger partial charge in [0.25, 0.3) is 0 Å². The Morgan fingerprint density at radius 2 is 2.10 bits per heavy atom. The summed E-state index contributed by atoms with van der Waals surface area (Å²) in [6, 6.07) is 0. The van der Waals surface area contributed by atoms with Crippen LogP contribution >= 0.6 is 11.8 Å². The van der Waals surface area contributed by atoms with E-state index >= 15 is 0 Å². The van der Waals surface area contributed by atoms with Crippen molar-refractivity contribution in [1.29, 1.82) is 0 Å². The predicted octanol–water partition coefficient (Wildman–Crippen LogP) is 1.56. The molecule has 0 saturated heterocycles. The number of hydrogen-bond acceptors (Lipinski definition) is 6. The molecule has 0 radical (unpaired) electrons. The van der Waals surface area contributed by atoms with Gasteiger partial charge in [0.2, 0.25) is 11.6 Å². The van der Waals surface area contributed by atoms with Crippen LogP contribution in [0.25, 0.3) is 0 Å². The third-order valence-electron chi connectivity index (χ3n) is 3.12. The van der Waals surface area contributed by atoms with Crippen molar-refractivity contribution < 1.29 is 14.4 Å². The van der Waals surface area contributed by atoms with Crippen molar-refractivity contribution in [3.63, 3.8) is 0 Å². The number of nitrogens with one attached hydrogen (secondary N) is 1. The quantitative estimate of drug-likeness (QED) is 0.608. The number of aldehydes is 1. The molecule has 0 amide bonds. The molecular formula is C14H17N3O3S. The van der Waals surface area contributed by atoms with Gasteiger partial charge in [-0.25, -0.2) is 0 Å². The van der Waals surface area contributed by atoms with Gasteiger partial charge in [0.1, 0.15) is 11.4 Å². The standard InChI is InChI=1S/C14H17N3O3S/c1-17(2)5-3-4-6-21-11-7-10(19)13-12(14(11)20)9(8-18)15-16-13/h7-8H,3-6H2,1-2H3,(H,15,16). The molecule has 1 aliphatic rings. The zero-order chi connectivity index (χ0) is 15.4. The van der Waals surface area contributed by atoms with Crippen molar-refractivity contribution in [2.24, 2.45) is 0 Å². The minimum absolute atomic E-state index is 0.0408. The predicted molar refractivity (Wildman–Crippen MR) is 81.0 cm³/mol. The topological polar surface area (TPSA) is 83.1 Å². The highest BCUT2D eigenvalue weighted by atomic mass is 32.2. The minimum Gasteiger partial charge on any atom is -0.309 e. The van der Waals surface area contributed by atoms with Crippen LogP contribution in [0.4, 0.5) is 0 Å². The zero-order valence-electron chi connectivity index (χ0n) is 12.0. The fourth-order valence-electron chi connectivity index (χ4n) is 2.04. The third kappa shape index (κ3) is 3.48. The number of aromatic amines is 1. The van der Waals surface area contributed by atoms with Gasteiger partial charge in [0.05, 0.1) is 10.5 Å². The smallest absolute Gasteiger partial charge is 0.208 e. The highest BCUT2D eigenvalue weighted by Crippen LogP contribution is 2.29. The Kier molecular flexibility index (Phi) is 5.08. The van der Waals surface area contributed by atoms with Crippen molar-refractivity contribution in [2.45, 2.75) is 12.8 Å². The summed E-state index contributed by atoms with van der Waals surface area (Å²) in [4.78, 5) is 37.6. The molecule has 1 aromatic rings. The lowest BCUT2D eigenvalue weighted by Gasteiger charge is -2.12. The number of carbonyl (C=O) groups is 3. The molecule has 0 fully saturated rings. The summed E-state index contributed by atoms with van der Waals surface area (Å²) in [7, 11) is 4.03. The number of hydrogen-bond donors (Lipinski definition) is 1. The van der Waals surface area contributed by atoms with E-state index in [1.165, 1.54) is 17.8 Å². The number of allylic oxidation sites excluding steroid dienone is 2. The normalized spacial score (nSPS) is 14.3. The van der Waals surface area contributed by atoms with Crippen LogP contribution in [-0.2, 0) is 0 Å². The molecule has 0 unspecified atom stereocenters. The molecule has 1 aliphatic carbocycles. The van der Waals surface area contributed by atoms with E-state index in [1.807, 2.05) is 14.1 Å². The molecule has 1 heterocycles. The molecule has 0 aliphatic heterocycles. The SMILES string of the molecule is CN(C)CCCCSC1=CC(=O)c2n[nH]c(C=O)c2C1=O. The summed E-state index contributed by atoms with van der Waals surface area (Å²) >= 11 is 1.36. The van der Waals surface area contributed by atoms with Crippen LogP contribution < -0.4 is 0 Å². The summed E-state index contributed by atoms with van der Waals surface area (Å²) in [6.45, 7) is 0.994. The Hall–Kier alpha value is -1.73. The van der Waals surface area contributed by atoms with Crippen molar-refractivity contribution in [2.75, 3.05) is 26.4 Å². The van der Waals surface area contributed by atoms with E-state index in [0.29, 0.717) is 11.2 Å². The number of ketones is 2. The van der Waals surface area contributed by atoms with Gasteiger partial charge in [0, 0.05) is 6.08 Å². The van der Waals surface area contributed by atoms with Gasteiger partial charge in [-0.3, -0.25) is 19.5 Å². The van der Waals surface area contributed by atoms with Crippen LogP contribution in [-0.4, -0.2) is 59.3 Å². The lowest BCUT2D eigenvalue weighted by atomic mass is 10.00. The number of thioether (sulfide) groups is 1. The summed E-state index contributed by atoms with van der Waals surface area (Å²) in [5.41, 5.74) is 0.217. The van der Waals surface area contributed by atoms with E-state index in [1.54, 1.807) is 0 Å². The molecule has 2 rings (SSSR count). The highest BCUT2D eigenvalue weighted by Gasteiger charge is 2.31. The highest BCUT2D eigenvalue weighted by molar-refractivity contribution is 8.04. The van der Waals surface area contributed by atoms with Crippen molar-refractivity contribution >= 4 is 29.6 Å². The molecule has 0 spiro atoms. The average Bonchev–Trinajstić information content (AvgIpc) is 2.88. The lowest BCUT2D eigenvalue weighted by Crippen LogP contribution is -2.16. The van der Waals surface area contributed by atoms with Crippen LogP contribution in [0, 0.1) is 0 Å². The van der Waals surface area contributed by atoms with E-state index in [2.05, 4.69) is 15.1 Å². The number of carbonyl (C=O) groups excluding carboxylic acids is 3. The van der Waals surface area contributed by atoms with E-state index in [4.69, 9.17) is 0 Å². The maximum atomic E-state index is 12.3. The summed E-state index contributed by atoms with van der Waals surface area (Å²) in [5, 5.41) is 6.16. The second-order valence-corrected chi connectivity index (χ2v) is 6.18. The Morgan fingerprint density at radius 3 is 2.76 bits per heavy atom. The van der Waals surface area contributed by atoms with Gasteiger partial charge in [-0.05, 0) is 39.2 Å². The van der Waals surface area contributed by atoms with E-state index in [9.17, 15) is 14.4 Å². The van der Waals surface area contributed by atoms with Crippen molar-refractivity contribution in [1.82, 2.24) is 15.1 Å². The first-order valence-electron chi connectivity index (χ1n) is 6.66. The molecule has 6 nitrogen and oxygen atoms in total. The molecular weight excluding hydrogens is 290 g/mol. The lowest BCUT2D eigenvalue weighted by molar-refractivity contribution is 0.0986. The first-order valence-corrected chi connectivity index (χ1v) is 7.65. The van der Waals surface area contributed by atoms with Crippen LogP contribution in [0.1, 0.15) is 44.2 Å². The average molecular weight is 307 g/mol. The van der Waals surface area contributed by atoms with Crippen molar-refractivity contribution in [3.8, 4) is 0 Å². The molecule has 0 saturated carbocycles. The van der Waals surface area contributed by atoms with E-state index < -0.39 is 0 Å². The number of Topliss-reactive ketones (excluding diaryl/α,β-unsaturated/α-hetero) is 1. The molecule has 1 N–H and O–H groups in total. The Balaban J connectivity index is 2.00. The third-order valence-corrected chi connectivity index (χ3v) is 4.22. The van der Waals surface area contributed by atoms with E-state index in [0.717, 1.165) is 25.1 Å². The monoisotopic (exact) mass is 307 g/mol. The summed E-state index contributed by atoms with van der Waals surface area (Å²) in [5.74, 6) is 0.144. The van der Waals surface area contributed by atoms with Crippen LogP contribution in [0.3, 0.4) is 0 Å². The Labute approximate surface area is 127 Å². The van der Waals surface area contributed by atoms with Gasteiger partial charge in [0.15, 0.2) is 6.29 Å². The first-order chi connectivity index (χ1) is 10.0. The number of aromatic nitrogens is 2. The van der Waals surface area contributed by atoms with Gasteiger partial charge in [-0.1, -0.05) is 0 Å². The molecule has 1 aromatic heterocycles. The fourth-order valence-corrected chi connectivity index (χ4v) is 3.04. The number of fused-ring (bicyclic) bond motifs is 1. The maximum Gasteiger partial charge on any atom is 0.208 e. The molecule has 0 atom stereocenters. The number of rotatable bonds is 7. The van der Waals surface area contributed by atoms with Gasteiger partial charge < -0.3 is 4.90 Å². The summed E-state index contributed by atoms with van der Waals surface area (Å²) in [6.07, 6.45) is 3.82.